The number of carbonyl (C=O) groups excluding carboxylic acids is 1. The number of carbonyl (C=O) groups is 1. The number of aryl methyl sites for hydroxylation is 1. The molecule has 0 aliphatic rings. The highest BCUT2D eigenvalue weighted by Gasteiger charge is 2.05. The summed E-state index contributed by atoms with van der Waals surface area (Å²) in [6.45, 7) is 2.11. The first kappa shape index (κ1) is 15.6. The van der Waals surface area contributed by atoms with Gasteiger partial charge in [0.05, 0.1) is 6.10 Å². The van der Waals surface area contributed by atoms with Gasteiger partial charge in [-0.25, -0.2) is 8.78 Å². The van der Waals surface area contributed by atoms with E-state index in [2.05, 4.69) is 5.32 Å². The molecule has 1 aromatic carbocycles. The minimum Gasteiger partial charge on any atom is -0.393 e. The zero-order valence-electron chi connectivity index (χ0n) is 11.0. The van der Waals surface area contributed by atoms with Crippen LogP contribution in [0.5, 0.6) is 0 Å². The van der Waals surface area contributed by atoms with Crippen LogP contribution in [-0.2, 0) is 11.2 Å². The number of rotatable bonds is 7. The molecule has 1 amide bonds. The number of amides is 1. The summed E-state index contributed by atoms with van der Waals surface area (Å²) in [7, 11) is 0. The minimum absolute atomic E-state index is 0.0942. The number of benzene rings is 1. The average Bonchev–Trinajstić information content (AvgIpc) is 2.33. The Hall–Kier alpha value is -1.49. The van der Waals surface area contributed by atoms with Crippen LogP contribution in [-0.4, -0.2) is 23.7 Å². The quantitative estimate of drug-likeness (QED) is 0.798. The molecule has 0 bridgehead atoms. The summed E-state index contributed by atoms with van der Waals surface area (Å²) >= 11 is 0. The third kappa shape index (κ3) is 6.29. The average molecular weight is 271 g/mol. The van der Waals surface area contributed by atoms with E-state index < -0.39 is 17.7 Å². The van der Waals surface area contributed by atoms with Crippen molar-refractivity contribution in [2.75, 3.05) is 6.54 Å². The van der Waals surface area contributed by atoms with Crippen LogP contribution in [0, 0.1) is 11.6 Å². The van der Waals surface area contributed by atoms with Gasteiger partial charge >= 0.3 is 0 Å². The molecule has 2 N–H and O–H groups in total. The lowest BCUT2D eigenvalue weighted by molar-refractivity contribution is -0.121. The third-order valence-corrected chi connectivity index (χ3v) is 2.74. The molecule has 0 heterocycles. The summed E-state index contributed by atoms with van der Waals surface area (Å²) < 4.78 is 25.6. The zero-order chi connectivity index (χ0) is 14.3. The molecule has 0 saturated heterocycles. The molecule has 19 heavy (non-hydrogen) atoms. The van der Waals surface area contributed by atoms with E-state index in [0.29, 0.717) is 37.8 Å². The van der Waals surface area contributed by atoms with Gasteiger partial charge in [-0.3, -0.25) is 4.79 Å². The predicted octanol–water partition coefficient (Wildman–Crippen LogP) is 2.17. The number of halogens is 2. The van der Waals surface area contributed by atoms with E-state index >= 15 is 0 Å². The summed E-state index contributed by atoms with van der Waals surface area (Å²) in [5.74, 6) is -1.82. The van der Waals surface area contributed by atoms with Gasteiger partial charge in [-0.15, -0.1) is 0 Å². The van der Waals surface area contributed by atoms with E-state index in [9.17, 15) is 13.6 Å². The fourth-order valence-corrected chi connectivity index (χ4v) is 1.66. The third-order valence-electron chi connectivity index (χ3n) is 2.74. The van der Waals surface area contributed by atoms with E-state index in [-0.39, 0.29) is 5.91 Å². The van der Waals surface area contributed by atoms with Crippen molar-refractivity contribution >= 4 is 5.91 Å². The van der Waals surface area contributed by atoms with Crippen molar-refractivity contribution in [3.63, 3.8) is 0 Å². The van der Waals surface area contributed by atoms with Crippen LogP contribution in [0.25, 0.3) is 0 Å². The molecule has 1 rings (SSSR count). The second-order valence-corrected chi connectivity index (χ2v) is 4.59. The standard InChI is InChI=1S/C14H19F2NO2/c1-10(18)7-8-17-14(19)4-2-3-11-5-6-12(15)13(16)9-11/h5-6,9-10,18H,2-4,7-8H2,1H3,(H,17,19). The Balaban J connectivity index is 2.22. The van der Waals surface area contributed by atoms with Gasteiger partial charge in [-0.2, -0.15) is 0 Å². The van der Waals surface area contributed by atoms with Crippen molar-refractivity contribution in [2.45, 2.75) is 38.7 Å². The number of aliphatic hydroxyl groups is 1. The lowest BCUT2D eigenvalue weighted by Gasteiger charge is -2.07. The van der Waals surface area contributed by atoms with Gasteiger partial charge in [-0.1, -0.05) is 6.07 Å². The van der Waals surface area contributed by atoms with Crippen LogP contribution in [0.1, 0.15) is 31.7 Å². The Kier molecular flexibility index (Phi) is 6.42. The monoisotopic (exact) mass is 271 g/mol. The first-order valence-corrected chi connectivity index (χ1v) is 6.37. The fourth-order valence-electron chi connectivity index (χ4n) is 1.66. The van der Waals surface area contributed by atoms with Crippen LogP contribution >= 0.6 is 0 Å². The topological polar surface area (TPSA) is 49.3 Å². The number of aliphatic hydroxyl groups excluding tert-OH is 1. The summed E-state index contributed by atoms with van der Waals surface area (Å²) in [4.78, 5) is 11.4. The second-order valence-electron chi connectivity index (χ2n) is 4.59. The smallest absolute Gasteiger partial charge is 0.220 e. The van der Waals surface area contributed by atoms with Crippen molar-refractivity contribution < 1.29 is 18.7 Å². The number of hydrogen-bond acceptors (Lipinski definition) is 2. The number of nitrogens with one attached hydrogen (secondary N) is 1. The van der Waals surface area contributed by atoms with Gasteiger partial charge in [0, 0.05) is 13.0 Å². The van der Waals surface area contributed by atoms with E-state index in [1.165, 1.54) is 6.07 Å². The molecule has 0 aliphatic carbocycles. The van der Waals surface area contributed by atoms with Gasteiger partial charge in [-0.05, 0) is 43.9 Å². The Morgan fingerprint density at radius 1 is 1.37 bits per heavy atom. The van der Waals surface area contributed by atoms with Crippen LogP contribution in [0.3, 0.4) is 0 Å². The van der Waals surface area contributed by atoms with Gasteiger partial charge < -0.3 is 10.4 Å². The number of hydrogen-bond donors (Lipinski definition) is 2. The first-order valence-electron chi connectivity index (χ1n) is 6.37. The van der Waals surface area contributed by atoms with Crippen LogP contribution < -0.4 is 5.32 Å². The maximum Gasteiger partial charge on any atom is 0.220 e. The van der Waals surface area contributed by atoms with Crippen LogP contribution in [0.4, 0.5) is 8.78 Å². The summed E-state index contributed by atoms with van der Waals surface area (Å²) in [5, 5.41) is 11.7. The molecule has 106 valence electrons. The molecule has 0 aromatic heterocycles. The van der Waals surface area contributed by atoms with Crippen molar-refractivity contribution in [1.82, 2.24) is 5.32 Å². The van der Waals surface area contributed by atoms with E-state index in [4.69, 9.17) is 5.11 Å². The highest BCUT2D eigenvalue weighted by molar-refractivity contribution is 5.75. The molecule has 3 nitrogen and oxygen atoms in total. The molecule has 0 spiro atoms. The van der Waals surface area contributed by atoms with Crippen molar-refractivity contribution in [1.29, 1.82) is 0 Å². The second kappa shape index (κ2) is 7.84. The molecule has 1 aromatic rings. The van der Waals surface area contributed by atoms with Crippen molar-refractivity contribution in [2.24, 2.45) is 0 Å². The molecule has 5 heteroatoms. The lowest BCUT2D eigenvalue weighted by atomic mass is 10.1. The van der Waals surface area contributed by atoms with E-state index in [1.807, 2.05) is 0 Å². The largest absolute Gasteiger partial charge is 0.393 e. The van der Waals surface area contributed by atoms with E-state index in [0.717, 1.165) is 12.1 Å². The fraction of sp³-hybridized carbons (Fsp3) is 0.500. The summed E-state index contributed by atoms with van der Waals surface area (Å²) in [6, 6.07) is 3.76. The predicted molar refractivity (Wildman–Crippen MR) is 68.6 cm³/mol. The highest BCUT2D eigenvalue weighted by Crippen LogP contribution is 2.11. The molecule has 1 unspecified atom stereocenters. The van der Waals surface area contributed by atoms with Crippen LogP contribution in [0.15, 0.2) is 18.2 Å². The molecule has 1 atom stereocenters. The molecule has 0 aliphatic heterocycles. The van der Waals surface area contributed by atoms with Gasteiger partial charge in [0.1, 0.15) is 0 Å². The molecule has 0 saturated carbocycles. The molecular formula is C14H19F2NO2. The zero-order valence-corrected chi connectivity index (χ0v) is 11.0. The molecular weight excluding hydrogens is 252 g/mol. The Morgan fingerprint density at radius 3 is 2.74 bits per heavy atom. The lowest BCUT2D eigenvalue weighted by Crippen LogP contribution is -2.26. The first-order chi connectivity index (χ1) is 8.99. The summed E-state index contributed by atoms with van der Waals surface area (Å²) in [5.41, 5.74) is 0.677. The SMILES string of the molecule is CC(O)CCNC(=O)CCCc1ccc(F)c(F)c1. The van der Waals surface area contributed by atoms with Crippen molar-refractivity contribution in [3.05, 3.63) is 35.4 Å². The normalized spacial score (nSPS) is 12.2. The van der Waals surface area contributed by atoms with Gasteiger partial charge in [0.15, 0.2) is 11.6 Å². The highest BCUT2D eigenvalue weighted by atomic mass is 19.2. The Labute approximate surface area is 111 Å². The van der Waals surface area contributed by atoms with Crippen LogP contribution in [0.2, 0.25) is 0 Å². The van der Waals surface area contributed by atoms with Gasteiger partial charge in [0.2, 0.25) is 5.91 Å². The Morgan fingerprint density at radius 2 is 2.11 bits per heavy atom. The minimum atomic E-state index is -0.862. The Bertz CT molecular complexity index is 422. The van der Waals surface area contributed by atoms with E-state index in [1.54, 1.807) is 6.92 Å². The summed E-state index contributed by atoms with van der Waals surface area (Å²) in [6.07, 6.45) is 1.53. The maximum absolute atomic E-state index is 12.9. The maximum atomic E-state index is 12.9. The van der Waals surface area contributed by atoms with Crippen molar-refractivity contribution in [3.8, 4) is 0 Å². The molecule has 0 radical (unpaired) electrons. The molecule has 0 fully saturated rings. The van der Waals surface area contributed by atoms with Gasteiger partial charge in [0.25, 0.3) is 0 Å².